The molecule has 0 saturated heterocycles. The Morgan fingerprint density at radius 1 is 0.455 bits per heavy atom. The molecule has 0 spiro atoms. The van der Waals surface area contributed by atoms with Crippen molar-refractivity contribution in [2.24, 2.45) is 0 Å². The molecule has 22 heavy (non-hydrogen) atoms. The normalized spacial score (nSPS) is 9.82. The lowest BCUT2D eigenvalue weighted by Gasteiger charge is -1.97. The van der Waals surface area contributed by atoms with Gasteiger partial charge in [0, 0.05) is 35.2 Å². The predicted molar refractivity (Wildman–Crippen MR) is 127 cm³/mol. The fourth-order valence-corrected chi connectivity index (χ4v) is 3.67. The molecule has 0 aliphatic carbocycles. The van der Waals surface area contributed by atoms with E-state index >= 15 is 0 Å². The molecular formula is C18H52Si4. The van der Waals surface area contributed by atoms with Crippen LogP contribution in [0, 0.1) is 0 Å². The highest BCUT2D eigenvalue weighted by atomic mass is 28.3. The van der Waals surface area contributed by atoms with Crippen LogP contribution < -0.4 is 0 Å². The van der Waals surface area contributed by atoms with Gasteiger partial charge >= 0.3 is 0 Å². The van der Waals surface area contributed by atoms with Crippen LogP contribution in [-0.4, -0.2) is 35.2 Å². The lowest BCUT2D eigenvalue weighted by atomic mass is 10.4. The fraction of sp³-hybridized carbons (Fsp3) is 1.00. The zero-order valence-electron chi connectivity index (χ0n) is 18.6. The second kappa shape index (κ2) is 26.7. The molecule has 0 aliphatic heterocycles. The quantitative estimate of drug-likeness (QED) is 0.447. The van der Waals surface area contributed by atoms with E-state index in [0.717, 1.165) is 0 Å². The Hall–Kier alpha value is 0.868. The monoisotopic (exact) mass is 380 g/mol. The third-order valence-corrected chi connectivity index (χ3v) is 5.40. The molecule has 0 saturated carbocycles. The van der Waals surface area contributed by atoms with E-state index in [1.54, 1.807) is 0 Å². The highest BCUT2D eigenvalue weighted by Gasteiger charge is 1.91. The highest BCUT2D eigenvalue weighted by molar-refractivity contribution is 6.56. The lowest BCUT2D eigenvalue weighted by molar-refractivity contribution is 0.875. The molecule has 0 amide bonds. The van der Waals surface area contributed by atoms with Crippen LogP contribution in [0.1, 0.15) is 39.5 Å². The maximum Gasteiger partial charge on any atom is 0.0305 e. The first-order chi connectivity index (χ1) is 10.0. The molecule has 0 aromatic heterocycles. The van der Waals surface area contributed by atoms with Crippen molar-refractivity contribution in [2.75, 3.05) is 0 Å². The molecule has 0 nitrogen and oxygen atoms in total. The van der Waals surface area contributed by atoms with Gasteiger partial charge < -0.3 is 0 Å². The Bertz CT molecular complexity index is 134. The van der Waals surface area contributed by atoms with Crippen molar-refractivity contribution in [3.05, 3.63) is 0 Å². The Kier molecular flexibility index (Phi) is 37.3. The summed E-state index contributed by atoms with van der Waals surface area (Å²) < 4.78 is 0. The molecule has 0 aromatic rings. The maximum atomic E-state index is 2.41. The molecule has 0 heterocycles. The summed E-state index contributed by atoms with van der Waals surface area (Å²) in [7, 11) is -0.654. The van der Waals surface area contributed by atoms with E-state index in [9.17, 15) is 0 Å². The van der Waals surface area contributed by atoms with Crippen LogP contribution in [-0.2, 0) is 0 Å². The van der Waals surface area contributed by atoms with Crippen LogP contribution >= 0.6 is 0 Å². The van der Waals surface area contributed by atoms with Crippen LogP contribution in [0.4, 0.5) is 0 Å². The molecular weight excluding hydrogens is 329 g/mol. The Morgan fingerprint density at radius 3 is 0.682 bits per heavy atom. The summed E-state index contributed by atoms with van der Waals surface area (Å²) in [5.74, 6) is 0. The van der Waals surface area contributed by atoms with Gasteiger partial charge in [-0.1, -0.05) is 117 Å². The van der Waals surface area contributed by atoms with E-state index in [1.165, 1.54) is 37.8 Å². The molecule has 0 bridgehead atoms. The largest absolute Gasteiger partial charge is 0.0724 e. The summed E-state index contributed by atoms with van der Waals surface area (Å²) in [6.07, 6.45) is 5.68. The standard InChI is InChI=1S/2C6H16Si.2C3H10Si/c2*1-4-5-6-7(2)3;2*1-4(2)3/h2*7H,4-6H2,1-3H3;2*4H,1-3H3. The number of unbranched alkanes of at least 4 members (excludes halogenated alkanes) is 2. The van der Waals surface area contributed by atoms with Crippen molar-refractivity contribution >= 4 is 35.2 Å². The molecule has 0 aliphatic rings. The van der Waals surface area contributed by atoms with Crippen molar-refractivity contribution in [2.45, 2.75) is 117 Å². The van der Waals surface area contributed by atoms with Crippen molar-refractivity contribution < 1.29 is 0 Å². The fourth-order valence-electron chi connectivity index (χ4n) is 1.22. The second-order valence-corrected chi connectivity index (χ2v) is 22.2. The first-order valence-electron chi connectivity index (χ1n) is 10.0. The maximum absolute atomic E-state index is 2.41. The van der Waals surface area contributed by atoms with Gasteiger partial charge in [0.2, 0.25) is 0 Å². The summed E-state index contributed by atoms with van der Waals surface area (Å²) in [5, 5.41) is 0. The average Bonchev–Trinajstić information content (AvgIpc) is 2.33. The van der Waals surface area contributed by atoms with Gasteiger partial charge in [-0.15, -0.1) is 0 Å². The SMILES string of the molecule is CCCC[SiH](C)C.CCCC[SiH](C)C.C[SiH](C)C.C[SiH](C)C. The molecule has 0 aromatic carbocycles. The zero-order valence-corrected chi connectivity index (χ0v) is 23.2. The van der Waals surface area contributed by atoms with Gasteiger partial charge in [0.15, 0.2) is 0 Å². The summed E-state index contributed by atoms with van der Waals surface area (Å²) in [6, 6.07) is 3.08. The molecule has 140 valence electrons. The van der Waals surface area contributed by atoms with E-state index in [-0.39, 0.29) is 35.2 Å². The van der Waals surface area contributed by atoms with Crippen LogP contribution in [0.3, 0.4) is 0 Å². The highest BCUT2D eigenvalue weighted by Crippen LogP contribution is 1.99. The van der Waals surface area contributed by atoms with Crippen LogP contribution in [0.25, 0.3) is 0 Å². The van der Waals surface area contributed by atoms with Gasteiger partial charge in [-0.25, -0.2) is 0 Å². The van der Waals surface area contributed by atoms with Gasteiger partial charge in [0.05, 0.1) is 0 Å². The van der Waals surface area contributed by atoms with Crippen molar-refractivity contribution in [1.82, 2.24) is 0 Å². The third-order valence-electron chi connectivity index (χ3n) is 2.27. The van der Waals surface area contributed by atoms with Crippen LogP contribution in [0.15, 0.2) is 0 Å². The van der Waals surface area contributed by atoms with E-state index in [0.29, 0.717) is 0 Å². The zero-order chi connectivity index (χ0) is 18.6. The summed E-state index contributed by atoms with van der Waals surface area (Å²) in [5.41, 5.74) is 0. The smallest absolute Gasteiger partial charge is 0.0305 e. The van der Waals surface area contributed by atoms with Crippen molar-refractivity contribution in [1.29, 1.82) is 0 Å². The van der Waals surface area contributed by atoms with Gasteiger partial charge in [0.25, 0.3) is 0 Å². The van der Waals surface area contributed by atoms with E-state index in [4.69, 9.17) is 0 Å². The predicted octanol–water partition coefficient (Wildman–Crippen LogP) is 6.75. The third kappa shape index (κ3) is 105. The lowest BCUT2D eigenvalue weighted by Crippen LogP contribution is -1.96. The number of hydrogen-bond acceptors (Lipinski definition) is 0. The first kappa shape index (κ1) is 30.7. The Balaban J connectivity index is -0.000000102. The van der Waals surface area contributed by atoms with Gasteiger partial charge in [-0.2, -0.15) is 0 Å². The minimum Gasteiger partial charge on any atom is -0.0724 e. The minimum absolute atomic E-state index is 0.139. The number of hydrogen-bond donors (Lipinski definition) is 0. The van der Waals surface area contributed by atoms with E-state index in [2.05, 4.69) is 79.3 Å². The van der Waals surface area contributed by atoms with Crippen molar-refractivity contribution in [3.63, 3.8) is 0 Å². The van der Waals surface area contributed by atoms with Gasteiger partial charge in [-0.05, 0) is 0 Å². The van der Waals surface area contributed by atoms with Gasteiger partial charge in [0.1, 0.15) is 0 Å². The summed E-state index contributed by atoms with van der Waals surface area (Å²) in [6.45, 7) is 28.0. The second-order valence-electron chi connectivity index (χ2n) is 8.54. The Morgan fingerprint density at radius 2 is 0.636 bits per heavy atom. The van der Waals surface area contributed by atoms with Crippen LogP contribution in [0.2, 0.25) is 77.6 Å². The molecule has 0 fully saturated rings. The first-order valence-corrected chi connectivity index (χ1v) is 23.2. The van der Waals surface area contributed by atoms with Gasteiger partial charge in [-0.3, -0.25) is 0 Å². The summed E-state index contributed by atoms with van der Waals surface area (Å²) in [4.78, 5) is 0. The topological polar surface area (TPSA) is 0 Å². The van der Waals surface area contributed by atoms with E-state index in [1.807, 2.05) is 0 Å². The minimum atomic E-state index is -0.188. The summed E-state index contributed by atoms with van der Waals surface area (Å²) >= 11 is 0. The van der Waals surface area contributed by atoms with Crippen molar-refractivity contribution in [3.8, 4) is 0 Å². The molecule has 4 heteroatoms. The molecule has 0 unspecified atom stereocenters. The number of rotatable bonds is 6. The molecule has 0 atom stereocenters. The van der Waals surface area contributed by atoms with E-state index < -0.39 is 0 Å². The van der Waals surface area contributed by atoms with Crippen LogP contribution in [0.5, 0.6) is 0 Å². The molecule has 0 radical (unpaired) electrons. The molecule has 0 N–H and O–H groups in total. The molecule has 0 rings (SSSR count). The average molecular weight is 381 g/mol. The Labute approximate surface area is 152 Å².